The Labute approximate surface area is 374 Å². The minimum atomic E-state index is -1.11. The lowest BCUT2D eigenvalue weighted by atomic mass is 9.65. The summed E-state index contributed by atoms with van der Waals surface area (Å²) in [6.07, 6.45) is 17.9. The van der Waals surface area contributed by atoms with Gasteiger partial charge in [0.05, 0.1) is 35.2 Å². The smallest absolute Gasteiger partial charge is 0.191 e. The van der Waals surface area contributed by atoms with Crippen LogP contribution in [0.3, 0.4) is 0 Å². The largest absolute Gasteiger partial charge is 0.508 e. The van der Waals surface area contributed by atoms with Crippen molar-refractivity contribution in [3.8, 4) is 41.1 Å². The number of carbonyl (C=O) groups is 1. The van der Waals surface area contributed by atoms with Crippen LogP contribution in [0.5, 0.6) is 17.2 Å². The molecule has 0 amide bonds. The second-order valence-corrected chi connectivity index (χ2v) is 21.3. The third-order valence-electron chi connectivity index (χ3n) is 14.9. The van der Waals surface area contributed by atoms with E-state index in [-0.39, 0.29) is 54.5 Å². The maximum absolute atomic E-state index is 13.7. The number of benzene rings is 2. The Kier molecular flexibility index (Phi) is 10.4. The van der Waals surface area contributed by atoms with Crippen LogP contribution in [0.15, 0.2) is 61.1 Å². The Balaban J connectivity index is 1.08. The van der Waals surface area contributed by atoms with Crippen LogP contribution in [-0.4, -0.2) is 60.3 Å². The number of H-pyrrole nitrogens is 1. The standard InChI is InChI=1S/C50H52N4O7S2/c1-27-4-6-31(40(57)18-27)41(58)19-28(55)5-7-29-36-24-62-63-26-50-15-12-30-34-21-52-38-23-54(22-35(34)38)48-37(10-11-39(56)32-8-9-33(45(50)44(30)32)47(51)53-25-50)49(13-2-3-14-49)16-17-60-43(20-42(29)59)46(36)61-48/h4,6,8-9,12,15,20-23,27,30-31,37,39-41,47-48,52-53,56-59H,2-3,5,7,13-14,18-19,24-26,51H2,1H3. The zero-order valence-electron chi connectivity index (χ0n) is 35.1. The average Bonchev–Trinajstić information content (AvgIpc) is 4.01. The lowest BCUT2D eigenvalue weighted by Crippen LogP contribution is -2.50. The minimum Gasteiger partial charge on any atom is -0.508 e. The van der Waals surface area contributed by atoms with E-state index in [0.717, 1.165) is 64.4 Å². The molecule has 63 heavy (non-hydrogen) atoms. The maximum Gasteiger partial charge on any atom is 0.191 e. The number of hydrogen-bond donors (Lipinski definition) is 7. The molecule has 2 spiro atoms. The molecular weight excluding hydrogens is 833 g/mol. The summed E-state index contributed by atoms with van der Waals surface area (Å²) >= 11 is 0. The highest BCUT2D eigenvalue weighted by atomic mass is 33.1. The number of aromatic nitrogens is 2. The number of Topliss-reactive ketones (excluding diaryl/α,β-unsaturated/α-hetero) is 1. The van der Waals surface area contributed by atoms with Crippen molar-refractivity contribution < 1.29 is 34.7 Å². The third-order valence-corrected chi connectivity index (χ3v) is 17.3. The van der Waals surface area contributed by atoms with E-state index in [4.69, 9.17) is 15.2 Å². The maximum atomic E-state index is 13.7. The summed E-state index contributed by atoms with van der Waals surface area (Å²) in [5.74, 6) is 11.1. The van der Waals surface area contributed by atoms with Crippen molar-refractivity contribution in [3.05, 3.63) is 100 Å². The molecule has 12 rings (SSSR count). The minimum absolute atomic E-state index is 0.0299. The van der Waals surface area contributed by atoms with Crippen LogP contribution in [0.1, 0.15) is 115 Å². The normalized spacial score (nSPS) is 31.1. The summed E-state index contributed by atoms with van der Waals surface area (Å²) in [4.78, 5) is 17.2. The van der Waals surface area contributed by atoms with Crippen molar-refractivity contribution in [2.45, 2.75) is 106 Å². The molecule has 8 N–H and O–H groups in total. The molecule has 10 bridgehead atoms. The number of nitrogens with zero attached hydrogens (tertiary/aromatic N) is 1. The highest BCUT2D eigenvalue weighted by molar-refractivity contribution is 8.76. The number of fused-ring (bicyclic) bond motifs is 4. The van der Waals surface area contributed by atoms with Gasteiger partial charge in [0.2, 0.25) is 0 Å². The summed E-state index contributed by atoms with van der Waals surface area (Å²) < 4.78 is 15.8. The molecule has 5 aliphatic heterocycles. The zero-order valence-corrected chi connectivity index (χ0v) is 36.7. The van der Waals surface area contributed by atoms with Crippen LogP contribution in [0.2, 0.25) is 0 Å². The number of rotatable bonds is 6. The van der Waals surface area contributed by atoms with Gasteiger partial charge < -0.3 is 45.2 Å². The SMILES string of the molecule is CC1C=CC(C(O)CC(=O)CCc2c(O)cc3c4c2CSSCC25C=CC6c7c(ccc(c72)C(N)NC5)C(O)C#CC(C(O4)n2cc4[nH]cc6c4c2)C2(C#CO3)CCCC2)C(O)C1. The Morgan fingerprint density at radius 3 is 2.78 bits per heavy atom. The number of aromatic hydroxyl groups is 1. The second kappa shape index (κ2) is 15.8. The van der Waals surface area contributed by atoms with E-state index in [9.17, 15) is 25.2 Å². The molecule has 2 aromatic heterocycles. The van der Waals surface area contributed by atoms with Gasteiger partial charge in [-0.2, -0.15) is 0 Å². The summed E-state index contributed by atoms with van der Waals surface area (Å²) in [6, 6.07) is 5.62. The highest BCUT2D eigenvalue weighted by Gasteiger charge is 2.48. The molecule has 3 aliphatic carbocycles. The molecule has 4 aromatic rings. The van der Waals surface area contributed by atoms with Crippen molar-refractivity contribution in [3.63, 3.8) is 0 Å². The van der Waals surface area contributed by atoms with Gasteiger partial charge in [-0.1, -0.05) is 95.6 Å². The highest BCUT2D eigenvalue weighted by Crippen LogP contribution is 2.55. The van der Waals surface area contributed by atoms with E-state index < -0.39 is 47.2 Å². The van der Waals surface area contributed by atoms with Gasteiger partial charge in [-0.3, -0.25) is 10.1 Å². The van der Waals surface area contributed by atoms with Gasteiger partial charge in [0, 0.05) is 89.3 Å². The number of phenols is 1. The van der Waals surface area contributed by atoms with E-state index >= 15 is 0 Å². The number of phenolic OH excluding ortho intramolecular Hbond substituents is 1. The van der Waals surface area contributed by atoms with E-state index in [1.165, 1.54) is 0 Å². The van der Waals surface area contributed by atoms with E-state index in [1.807, 2.05) is 25.1 Å². The fourth-order valence-corrected chi connectivity index (χ4v) is 14.2. The van der Waals surface area contributed by atoms with E-state index in [1.54, 1.807) is 27.7 Å². The Morgan fingerprint density at radius 1 is 1.10 bits per heavy atom. The number of allylic oxidation sites excluding steroid dienone is 2. The number of ether oxygens (including phenoxy) is 2. The van der Waals surface area contributed by atoms with Crippen LogP contribution in [0.4, 0.5) is 0 Å². The Morgan fingerprint density at radius 2 is 1.94 bits per heavy atom. The quantitative estimate of drug-likeness (QED) is 0.0601. The fraction of sp³-hybridized carbons (Fsp3) is 0.460. The Bertz CT molecular complexity index is 2710. The molecule has 10 atom stereocenters. The first-order valence-electron chi connectivity index (χ1n) is 22.3. The fourth-order valence-electron chi connectivity index (χ4n) is 11.6. The predicted octanol–water partition coefficient (Wildman–Crippen LogP) is 7.05. The molecule has 11 nitrogen and oxygen atoms in total. The molecule has 1 fully saturated rings. The molecule has 8 aliphatic rings. The molecule has 10 unspecified atom stereocenters. The number of carbonyl (C=O) groups excluding carboxylic acids is 1. The van der Waals surface area contributed by atoms with Crippen LogP contribution in [-0.2, 0) is 22.4 Å². The number of aliphatic hydroxyl groups excluding tert-OH is 3. The van der Waals surface area contributed by atoms with Crippen molar-refractivity contribution in [1.29, 1.82) is 0 Å². The van der Waals surface area contributed by atoms with Crippen molar-refractivity contribution in [1.82, 2.24) is 14.9 Å². The first-order valence-corrected chi connectivity index (χ1v) is 24.8. The third kappa shape index (κ3) is 6.86. The zero-order chi connectivity index (χ0) is 43.2. The van der Waals surface area contributed by atoms with E-state index in [0.29, 0.717) is 41.3 Å². The second-order valence-electron chi connectivity index (χ2n) is 18.8. The van der Waals surface area contributed by atoms with Gasteiger partial charge in [0.1, 0.15) is 23.7 Å². The predicted molar refractivity (Wildman–Crippen MR) is 244 cm³/mol. The summed E-state index contributed by atoms with van der Waals surface area (Å²) in [6.45, 7) is 2.62. The van der Waals surface area contributed by atoms with Gasteiger partial charge in [-0.15, -0.1) is 0 Å². The van der Waals surface area contributed by atoms with Crippen LogP contribution in [0, 0.1) is 47.0 Å². The molecule has 2 aromatic carbocycles. The number of ketones is 1. The molecule has 326 valence electrons. The summed E-state index contributed by atoms with van der Waals surface area (Å²) in [5.41, 5.74) is 13.0. The monoisotopic (exact) mass is 884 g/mol. The lowest BCUT2D eigenvalue weighted by molar-refractivity contribution is -0.122. The lowest BCUT2D eigenvalue weighted by Gasteiger charge is -2.45. The van der Waals surface area contributed by atoms with Crippen LogP contribution < -0.4 is 20.5 Å². The Hall–Kier alpha value is -4.57. The number of aromatic amines is 1. The molecule has 0 radical (unpaired) electrons. The number of nitrogens with one attached hydrogen (secondary N) is 2. The van der Waals surface area contributed by atoms with Crippen molar-refractivity contribution >= 4 is 38.3 Å². The van der Waals surface area contributed by atoms with Gasteiger partial charge in [-0.05, 0) is 59.4 Å². The van der Waals surface area contributed by atoms with E-state index in [2.05, 4.69) is 75.5 Å². The summed E-state index contributed by atoms with van der Waals surface area (Å²) in [5, 5.41) is 50.7. The number of hydrogen-bond acceptors (Lipinski definition) is 11. The van der Waals surface area contributed by atoms with Crippen molar-refractivity contribution in [2.75, 3.05) is 12.3 Å². The van der Waals surface area contributed by atoms with Crippen molar-refractivity contribution in [2.24, 2.45) is 28.9 Å². The molecule has 0 saturated heterocycles. The van der Waals surface area contributed by atoms with Crippen LogP contribution >= 0.6 is 21.6 Å². The molecular formula is C50H52N4O7S2. The number of nitrogens with two attached hydrogens (primary N) is 1. The topological polar surface area (TPSA) is 175 Å². The van der Waals surface area contributed by atoms with Gasteiger partial charge in [0.15, 0.2) is 17.7 Å². The number of aliphatic hydroxyl groups is 3. The van der Waals surface area contributed by atoms with Gasteiger partial charge in [-0.25, -0.2) is 0 Å². The average molecular weight is 885 g/mol. The summed E-state index contributed by atoms with van der Waals surface area (Å²) in [7, 11) is 3.35. The van der Waals surface area contributed by atoms with Crippen LogP contribution in [0.25, 0.3) is 10.9 Å². The first kappa shape index (κ1) is 41.2. The molecule has 7 heterocycles. The first-order chi connectivity index (χ1) is 30.5. The van der Waals surface area contributed by atoms with Gasteiger partial charge in [0.25, 0.3) is 0 Å². The van der Waals surface area contributed by atoms with Gasteiger partial charge >= 0.3 is 0 Å². The molecule has 1 saturated carbocycles. The molecule has 13 heteroatoms.